The lowest BCUT2D eigenvalue weighted by atomic mass is 10.1. The van der Waals surface area contributed by atoms with Crippen molar-refractivity contribution in [3.8, 4) is 5.75 Å². The third-order valence-electron chi connectivity index (χ3n) is 4.21. The van der Waals surface area contributed by atoms with E-state index in [0.717, 1.165) is 0 Å². The maximum Gasteiger partial charge on any atom is 0.251 e. The normalized spacial score (nSPS) is 16.9. The second kappa shape index (κ2) is 8.50. The van der Waals surface area contributed by atoms with Crippen LogP contribution in [-0.2, 0) is 9.59 Å². The van der Waals surface area contributed by atoms with Crippen molar-refractivity contribution < 1.29 is 19.1 Å². The fourth-order valence-corrected chi connectivity index (χ4v) is 2.76. The molecule has 136 valence electrons. The summed E-state index contributed by atoms with van der Waals surface area (Å²) < 4.78 is 5.05. The van der Waals surface area contributed by atoms with Gasteiger partial charge in [0, 0.05) is 37.7 Å². The molecular weight excluding hydrogens is 322 g/mol. The van der Waals surface area contributed by atoms with Crippen LogP contribution in [0.4, 0.5) is 0 Å². The number of carbonyl (C=O) groups excluding carboxylic acids is 3. The molecular formula is C18H25N3O4. The van der Waals surface area contributed by atoms with E-state index in [2.05, 4.69) is 10.6 Å². The van der Waals surface area contributed by atoms with Gasteiger partial charge >= 0.3 is 0 Å². The van der Waals surface area contributed by atoms with E-state index in [1.165, 1.54) is 0 Å². The summed E-state index contributed by atoms with van der Waals surface area (Å²) in [4.78, 5) is 37.7. The predicted octanol–water partition coefficient (Wildman–Crippen LogP) is 0.798. The Morgan fingerprint density at radius 1 is 1.20 bits per heavy atom. The first-order chi connectivity index (χ1) is 11.9. The van der Waals surface area contributed by atoms with Gasteiger partial charge in [-0.05, 0) is 38.1 Å². The van der Waals surface area contributed by atoms with Crippen LogP contribution in [0.1, 0.15) is 30.6 Å². The second-order valence-electron chi connectivity index (χ2n) is 6.32. The number of methoxy groups -OCH3 is 1. The maximum absolute atomic E-state index is 12.1. The largest absolute Gasteiger partial charge is 0.497 e. The summed E-state index contributed by atoms with van der Waals surface area (Å²) in [6.45, 7) is 4.98. The van der Waals surface area contributed by atoms with Gasteiger partial charge in [0.15, 0.2) is 0 Å². The Kier molecular flexibility index (Phi) is 6.38. The minimum absolute atomic E-state index is 0.0166. The average Bonchev–Trinajstić information content (AvgIpc) is 3.00. The summed E-state index contributed by atoms with van der Waals surface area (Å²) >= 11 is 0. The van der Waals surface area contributed by atoms with Crippen molar-refractivity contribution in [2.75, 3.05) is 26.7 Å². The van der Waals surface area contributed by atoms with Crippen molar-refractivity contribution in [1.82, 2.24) is 15.5 Å². The molecule has 1 aliphatic heterocycles. The molecule has 1 heterocycles. The van der Waals surface area contributed by atoms with E-state index in [0.29, 0.717) is 30.9 Å². The van der Waals surface area contributed by atoms with Crippen LogP contribution in [-0.4, -0.2) is 55.4 Å². The molecule has 0 spiro atoms. The average molecular weight is 347 g/mol. The van der Waals surface area contributed by atoms with Gasteiger partial charge in [-0.25, -0.2) is 0 Å². The molecule has 1 aliphatic rings. The summed E-state index contributed by atoms with van der Waals surface area (Å²) in [5, 5.41) is 5.52. The summed E-state index contributed by atoms with van der Waals surface area (Å²) in [6, 6.07) is 6.89. The molecule has 2 N–H and O–H groups in total. The highest BCUT2D eigenvalue weighted by Gasteiger charge is 2.35. The van der Waals surface area contributed by atoms with Gasteiger partial charge in [-0.2, -0.15) is 0 Å². The molecule has 3 amide bonds. The number of likely N-dealkylation sites (tertiary alicyclic amines) is 1. The van der Waals surface area contributed by atoms with Gasteiger partial charge in [-0.3, -0.25) is 14.4 Å². The van der Waals surface area contributed by atoms with Crippen molar-refractivity contribution in [3.05, 3.63) is 29.8 Å². The number of amides is 3. The van der Waals surface area contributed by atoms with E-state index in [1.807, 2.05) is 13.8 Å². The van der Waals surface area contributed by atoms with Crippen molar-refractivity contribution in [2.24, 2.45) is 5.92 Å². The zero-order valence-electron chi connectivity index (χ0n) is 14.9. The molecule has 0 unspecified atom stereocenters. The van der Waals surface area contributed by atoms with E-state index < -0.39 is 0 Å². The monoisotopic (exact) mass is 347 g/mol. The van der Waals surface area contributed by atoms with Gasteiger partial charge in [0.25, 0.3) is 5.91 Å². The van der Waals surface area contributed by atoms with Gasteiger partial charge in [-0.1, -0.05) is 0 Å². The maximum atomic E-state index is 12.1. The third kappa shape index (κ3) is 4.95. The zero-order valence-corrected chi connectivity index (χ0v) is 14.9. The number of rotatable bonds is 7. The van der Waals surface area contributed by atoms with Crippen LogP contribution < -0.4 is 15.4 Å². The molecule has 7 heteroatoms. The van der Waals surface area contributed by atoms with Gasteiger partial charge in [0.1, 0.15) is 5.75 Å². The Morgan fingerprint density at radius 3 is 2.40 bits per heavy atom. The Bertz CT molecular complexity index is 628. The molecule has 0 radical (unpaired) electrons. The lowest BCUT2D eigenvalue weighted by Crippen LogP contribution is -2.39. The molecule has 1 saturated heterocycles. The van der Waals surface area contributed by atoms with Crippen molar-refractivity contribution in [3.63, 3.8) is 0 Å². The Balaban J connectivity index is 1.71. The highest BCUT2D eigenvalue weighted by atomic mass is 16.5. The van der Waals surface area contributed by atoms with Crippen molar-refractivity contribution in [2.45, 2.75) is 26.3 Å². The number of nitrogens with zero attached hydrogens (tertiary/aromatic N) is 1. The topological polar surface area (TPSA) is 87.7 Å². The van der Waals surface area contributed by atoms with Gasteiger partial charge in [0.05, 0.1) is 13.0 Å². The molecule has 1 fully saturated rings. The third-order valence-corrected chi connectivity index (χ3v) is 4.21. The highest BCUT2D eigenvalue weighted by molar-refractivity contribution is 5.94. The second-order valence-corrected chi connectivity index (χ2v) is 6.32. The van der Waals surface area contributed by atoms with E-state index in [-0.39, 0.29) is 36.1 Å². The van der Waals surface area contributed by atoms with E-state index in [1.54, 1.807) is 36.3 Å². The first-order valence-corrected chi connectivity index (χ1v) is 8.41. The molecule has 2 rings (SSSR count). The van der Waals surface area contributed by atoms with E-state index >= 15 is 0 Å². The standard InChI is InChI=1S/C18H25N3O4/c1-12(2)21-11-14(10-16(21)22)18(24)20-9-8-19-17(23)13-4-6-15(25-3)7-5-13/h4-7,12,14H,8-11H2,1-3H3,(H,19,23)(H,20,24)/t14-/m0/s1. The van der Waals surface area contributed by atoms with Crippen molar-refractivity contribution >= 4 is 17.7 Å². The Labute approximate surface area is 147 Å². The molecule has 1 atom stereocenters. The molecule has 0 saturated carbocycles. The molecule has 7 nitrogen and oxygen atoms in total. The lowest BCUT2D eigenvalue weighted by Gasteiger charge is -2.20. The molecule has 1 aromatic carbocycles. The Hall–Kier alpha value is -2.57. The van der Waals surface area contributed by atoms with Crippen LogP contribution in [0.25, 0.3) is 0 Å². The number of hydrogen-bond acceptors (Lipinski definition) is 4. The summed E-state index contributed by atoms with van der Waals surface area (Å²) in [5.74, 6) is 0.0367. The number of carbonyl (C=O) groups is 3. The fourth-order valence-electron chi connectivity index (χ4n) is 2.76. The van der Waals surface area contributed by atoms with Crippen LogP contribution in [0.15, 0.2) is 24.3 Å². The van der Waals surface area contributed by atoms with Crippen LogP contribution >= 0.6 is 0 Å². The SMILES string of the molecule is COc1ccc(C(=O)NCCNC(=O)[C@H]2CC(=O)N(C(C)C)C2)cc1. The number of benzene rings is 1. The summed E-state index contributed by atoms with van der Waals surface area (Å²) in [6.07, 6.45) is 0.252. The minimum atomic E-state index is -0.313. The minimum Gasteiger partial charge on any atom is -0.497 e. The van der Waals surface area contributed by atoms with E-state index in [9.17, 15) is 14.4 Å². The summed E-state index contributed by atoms with van der Waals surface area (Å²) in [5.41, 5.74) is 0.529. The van der Waals surface area contributed by atoms with Gasteiger partial charge in [0.2, 0.25) is 11.8 Å². The molecule has 0 bridgehead atoms. The van der Waals surface area contributed by atoms with Crippen LogP contribution in [0.5, 0.6) is 5.75 Å². The van der Waals surface area contributed by atoms with Crippen molar-refractivity contribution in [1.29, 1.82) is 0 Å². The summed E-state index contributed by atoms with van der Waals surface area (Å²) in [7, 11) is 1.57. The molecule has 0 aliphatic carbocycles. The van der Waals surface area contributed by atoms with Gasteiger partial charge in [-0.15, -0.1) is 0 Å². The van der Waals surface area contributed by atoms with Crippen LogP contribution in [0, 0.1) is 5.92 Å². The molecule has 0 aromatic heterocycles. The number of nitrogens with one attached hydrogen (secondary N) is 2. The number of hydrogen-bond donors (Lipinski definition) is 2. The Morgan fingerprint density at radius 2 is 1.84 bits per heavy atom. The lowest BCUT2D eigenvalue weighted by molar-refractivity contribution is -0.129. The zero-order chi connectivity index (χ0) is 18.4. The fraction of sp³-hybridized carbons (Fsp3) is 0.500. The molecule has 1 aromatic rings. The van der Waals surface area contributed by atoms with Crippen LogP contribution in [0.3, 0.4) is 0 Å². The van der Waals surface area contributed by atoms with Crippen LogP contribution in [0.2, 0.25) is 0 Å². The highest BCUT2D eigenvalue weighted by Crippen LogP contribution is 2.20. The number of ether oxygens (including phenoxy) is 1. The van der Waals surface area contributed by atoms with E-state index in [4.69, 9.17) is 4.74 Å². The quantitative estimate of drug-likeness (QED) is 0.714. The van der Waals surface area contributed by atoms with Gasteiger partial charge < -0.3 is 20.3 Å². The molecule has 25 heavy (non-hydrogen) atoms. The first kappa shape index (κ1) is 18.8. The predicted molar refractivity (Wildman–Crippen MR) is 93.3 cm³/mol. The first-order valence-electron chi connectivity index (χ1n) is 8.41. The smallest absolute Gasteiger partial charge is 0.251 e.